The second-order valence-corrected chi connectivity index (χ2v) is 6.22. The lowest BCUT2D eigenvalue weighted by Gasteiger charge is -2.29. The van der Waals surface area contributed by atoms with E-state index in [0.717, 1.165) is 17.4 Å². The Balaban J connectivity index is 1.70. The summed E-state index contributed by atoms with van der Waals surface area (Å²) in [6.45, 7) is 2.65. The van der Waals surface area contributed by atoms with Crippen molar-refractivity contribution in [2.24, 2.45) is 5.92 Å². The van der Waals surface area contributed by atoms with Crippen LogP contribution in [-0.2, 0) is 4.74 Å². The lowest BCUT2D eigenvalue weighted by atomic mass is 9.88. The highest BCUT2D eigenvalue weighted by Crippen LogP contribution is 2.29. The Kier molecular flexibility index (Phi) is 4.57. The van der Waals surface area contributed by atoms with Crippen LogP contribution >= 0.6 is 0 Å². The average Bonchev–Trinajstić information content (AvgIpc) is 2.53. The Morgan fingerprint density at radius 1 is 1.10 bits per heavy atom. The topological polar surface area (TPSA) is 29.5 Å². The maximum atomic E-state index is 10.5. The Morgan fingerprint density at radius 3 is 2.71 bits per heavy atom. The summed E-state index contributed by atoms with van der Waals surface area (Å²) in [5, 5.41) is 12.8. The molecule has 2 heteroatoms. The van der Waals surface area contributed by atoms with Gasteiger partial charge in [-0.3, -0.25) is 0 Å². The molecule has 0 aromatic heterocycles. The summed E-state index contributed by atoms with van der Waals surface area (Å²) >= 11 is 0. The molecule has 0 spiro atoms. The van der Waals surface area contributed by atoms with Gasteiger partial charge in [-0.15, -0.1) is 0 Å². The predicted octanol–water partition coefficient (Wildman–Crippen LogP) is 4.47. The van der Waals surface area contributed by atoms with E-state index in [1.165, 1.54) is 24.6 Å². The SMILES string of the molecule is CC1CCCCC1OCC(O)c1cccc2ccccc12. The van der Waals surface area contributed by atoms with Gasteiger partial charge < -0.3 is 9.84 Å². The first-order chi connectivity index (χ1) is 10.3. The van der Waals surface area contributed by atoms with E-state index >= 15 is 0 Å². The maximum absolute atomic E-state index is 10.5. The van der Waals surface area contributed by atoms with Gasteiger partial charge in [0.15, 0.2) is 0 Å². The van der Waals surface area contributed by atoms with Gasteiger partial charge in [-0.25, -0.2) is 0 Å². The van der Waals surface area contributed by atoms with Crippen LogP contribution in [0.1, 0.15) is 44.3 Å². The molecule has 0 heterocycles. The number of rotatable bonds is 4. The molecular weight excluding hydrogens is 260 g/mol. The highest BCUT2D eigenvalue weighted by atomic mass is 16.5. The molecule has 3 atom stereocenters. The molecule has 2 nitrogen and oxygen atoms in total. The molecule has 0 radical (unpaired) electrons. The molecule has 112 valence electrons. The van der Waals surface area contributed by atoms with Crippen LogP contribution in [-0.4, -0.2) is 17.8 Å². The summed E-state index contributed by atoms with van der Waals surface area (Å²) in [6, 6.07) is 14.3. The third-order valence-electron chi connectivity index (χ3n) is 4.68. The second kappa shape index (κ2) is 6.59. The highest BCUT2D eigenvalue weighted by molar-refractivity contribution is 5.85. The van der Waals surface area contributed by atoms with Crippen molar-refractivity contribution in [2.45, 2.75) is 44.8 Å². The fourth-order valence-electron chi connectivity index (χ4n) is 3.38. The smallest absolute Gasteiger partial charge is 0.103 e. The van der Waals surface area contributed by atoms with Crippen molar-refractivity contribution < 1.29 is 9.84 Å². The van der Waals surface area contributed by atoms with E-state index in [9.17, 15) is 5.11 Å². The molecule has 1 N–H and O–H groups in total. The molecule has 1 aliphatic carbocycles. The minimum atomic E-state index is -0.551. The van der Waals surface area contributed by atoms with E-state index in [0.29, 0.717) is 18.6 Å². The van der Waals surface area contributed by atoms with E-state index < -0.39 is 6.10 Å². The molecule has 0 saturated heterocycles. The molecule has 1 fully saturated rings. The molecule has 3 rings (SSSR count). The van der Waals surface area contributed by atoms with Gasteiger partial charge >= 0.3 is 0 Å². The van der Waals surface area contributed by atoms with E-state index in [2.05, 4.69) is 25.1 Å². The molecule has 3 unspecified atom stereocenters. The first-order valence-corrected chi connectivity index (χ1v) is 8.03. The first-order valence-electron chi connectivity index (χ1n) is 8.03. The van der Waals surface area contributed by atoms with Gasteiger partial charge in [0.05, 0.1) is 12.7 Å². The quantitative estimate of drug-likeness (QED) is 0.897. The lowest BCUT2D eigenvalue weighted by molar-refractivity contribution is -0.0464. The zero-order chi connectivity index (χ0) is 14.7. The van der Waals surface area contributed by atoms with Gasteiger partial charge in [0.25, 0.3) is 0 Å². The Hall–Kier alpha value is -1.38. The van der Waals surface area contributed by atoms with Crippen molar-refractivity contribution in [1.29, 1.82) is 0 Å². The summed E-state index contributed by atoms with van der Waals surface area (Å²) in [5.41, 5.74) is 0.969. The third kappa shape index (κ3) is 3.28. The first kappa shape index (κ1) is 14.6. The van der Waals surface area contributed by atoms with Crippen LogP contribution in [0, 0.1) is 5.92 Å². The Labute approximate surface area is 126 Å². The van der Waals surface area contributed by atoms with Gasteiger partial charge in [0.2, 0.25) is 0 Å². The van der Waals surface area contributed by atoms with Gasteiger partial charge in [-0.05, 0) is 35.1 Å². The summed E-state index contributed by atoms with van der Waals surface area (Å²) in [4.78, 5) is 0. The maximum Gasteiger partial charge on any atom is 0.103 e. The van der Waals surface area contributed by atoms with Crippen LogP contribution in [0.2, 0.25) is 0 Å². The lowest BCUT2D eigenvalue weighted by Crippen LogP contribution is -2.27. The fourth-order valence-corrected chi connectivity index (χ4v) is 3.38. The second-order valence-electron chi connectivity index (χ2n) is 6.22. The molecular formula is C19H24O2. The number of hydrogen-bond donors (Lipinski definition) is 1. The monoisotopic (exact) mass is 284 g/mol. The molecule has 21 heavy (non-hydrogen) atoms. The minimum absolute atomic E-state index is 0.309. The Morgan fingerprint density at radius 2 is 1.86 bits per heavy atom. The number of aliphatic hydroxyl groups is 1. The van der Waals surface area contributed by atoms with Crippen molar-refractivity contribution in [3.63, 3.8) is 0 Å². The summed E-state index contributed by atoms with van der Waals surface area (Å²) in [5.74, 6) is 0.610. The molecule has 0 amide bonds. The summed E-state index contributed by atoms with van der Waals surface area (Å²) < 4.78 is 6.01. The standard InChI is InChI=1S/C19H24O2/c1-14-7-2-5-12-19(14)21-13-18(20)17-11-6-9-15-8-3-4-10-16(15)17/h3-4,6,8-11,14,18-20H,2,5,7,12-13H2,1H3. The predicted molar refractivity (Wildman–Crippen MR) is 86.3 cm³/mol. The van der Waals surface area contributed by atoms with Crippen LogP contribution < -0.4 is 0 Å². The molecule has 0 aliphatic heterocycles. The fraction of sp³-hybridized carbons (Fsp3) is 0.474. The number of hydrogen-bond acceptors (Lipinski definition) is 2. The van der Waals surface area contributed by atoms with Gasteiger partial charge in [-0.1, -0.05) is 62.2 Å². The Bertz CT molecular complexity index is 588. The molecule has 0 bridgehead atoms. The van der Waals surface area contributed by atoms with Crippen molar-refractivity contribution >= 4 is 10.8 Å². The average molecular weight is 284 g/mol. The van der Waals surface area contributed by atoms with Crippen LogP contribution in [0.25, 0.3) is 10.8 Å². The normalized spacial score (nSPS) is 24.1. The van der Waals surface area contributed by atoms with Crippen molar-refractivity contribution in [3.05, 3.63) is 48.0 Å². The number of benzene rings is 2. The number of aliphatic hydroxyl groups excluding tert-OH is 1. The van der Waals surface area contributed by atoms with E-state index in [1.807, 2.05) is 24.3 Å². The third-order valence-corrected chi connectivity index (χ3v) is 4.68. The van der Waals surface area contributed by atoms with Crippen molar-refractivity contribution in [3.8, 4) is 0 Å². The number of ether oxygens (including phenoxy) is 1. The van der Waals surface area contributed by atoms with Crippen molar-refractivity contribution in [1.82, 2.24) is 0 Å². The number of fused-ring (bicyclic) bond motifs is 1. The molecule has 2 aromatic rings. The van der Waals surface area contributed by atoms with E-state index in [1.54, 1.807) is 0 Å². The van der Waals surface area contributed by atoms with E-state index in [4.69, 9.17) is 4.74 Å². The van der Waals surface area contributed by atoms with Crippen LogP contribution in [0.5, 0.6) is 0 Å². The molecule has 2 aromatic carbocycles. The van der Waals surface area contributed by atoms with Crippen molar-refractivity contribution in [2.75, 3.05) is 6.61 Å². The van der Waals surface area contributed by atoms with Crippen LogP contribution in [0.3, 0.4) is 0 Å². The summed E-state index contributed by atoms with van der Waals surface area (Å²) in [7, 11) is 0. The zero-order valence-corrected chi connectivity index (χ0v) is 12.7. The molecule has 1 aliphatic rings. The van der Waals surface area contributed by atoms with Crippen LogP contribution in [0.4, 0.5) is 0 Å². The van der Waals surface area contributed by atoms with Gasteiger partial charge in [0, 0.05) is 0 Å². The summed E-state index contributed by atoms with van der Waals surface area (Å²) in [6.07, 6.45) is 4.69. The molecule has 1 saturated carbocycles. The van der Waals surface area contributed by atoms with E-state index in [-0.39, 0.29) is 0 Å². The largest absolute Gasteiger partial charge is 0.386 e. The van der Waals surface area contributed by atoms with Gasteiger partial charge in [-0.2, -0.15) is 0 Å². The van der Waals surface area contributed by atoms with Crippen LogP contribution in [0.15, 0.2) is 42.5 Å². The highest BCUT2D eigenvalue weighted by Gasteiger charge is 2.23. The van der Waals surface area contributed by atoms with Gasteiger partial charge in [0.1, 0.15) is 6.10 Å². The minimum Gasteiger partial charge on any atom is -0.386 e. The zero-order valence-electron chi connectivity index (χ0n) is 12.7.